The molecule has 3 aromatic heterocycles. The first-order valence-electron chi connectivity index (χ1n) is 22.9. The van der Waals surface area contributed by atoms with Gasteiger partial charge in [0.05, 0.1) is 23.0 Å². The Bertz CT molecular complexity index is 1910. The lowest BCUT2D eigenvalue weighted by Gasteiger charge is -2.32. The molecule has 3 aromatic rings. The molecule has 0 saturated carbocycles. The van der Waals surface area contributed by atoms with Gasteiger partial charge in [0.15, 0.2) is 0 Å². The fraction of sp³-hybridized carbons (Fsp3) is 0.712. The monoisotopic (exact) mass is 863 g/mol. The number of aromatic nitrogens is 5. The van der Waals surface area contributed by atoms with Crippen molar-refractivity contribution < 1.29 is 9.53 Å². The summed E-state index contributed by atoms with van der Waals surface area (Å²) in [5.74, 6) is 4.50. The molecule has 1 amide bonds. The molecule has 62 heavy (non-hydrogen) atoms. The standard InChI is InChI=1S/C13H22N2.C11H17NO.C10H18N2.C9H16N2.C8H17NO.CH4/c1-9(2)15-10(3)14-11-7-6-8-13(4,5)12(11)15;1-7(2)13-11-6-8(3)12-10(5)9(11)4;1-7(2)12-8(3)10(5,6)11-9(12)4;1-6(2)11-8(4)7(3)10-9(11)5;1-6(2)9(7(3)4)8(5)10;/h9H,6-8H2,1-5H3;6-7H,1-5H3;7H,3H2,1-2,4-6H3;6H,1-5H3;6-7H,1-5H3;1H4. The third kappa shape index (κ3) is 15.7. The second kappa shape index (κ2) is 24.2. The van der Waals surface area contributed by atoms with Crippen LogP contribution in [0.15, 0.2) is 23.3 Å². The van der Waals surface area contributed by atoms with Crippen molar-refractivity contribution in [1.29, 1.82) is 0 Å². The zero-order valence-electron chi connectivity index (χ0n) is 43.8. The molecule has 4 heterocycles. The predicted octanol–water partition coefficient (Wildman–Crippen LogP) is 13.3. The van der Waals surface area contributed by atoms with Gasteiger partial charge in [-0.25, -0.2) is 9.97 Å². The van der Waals surface area contributed by atoms with E-state index in [4.69, 9.17) is 9.72 Å². The van der Waals surface area contributed by atoms with Crippen LogP contribution in [0, 0.1) is 48.5 Å². The molecule has 0 N–H and O–H groups in total. The summed E-state index contributed by atoms with van der Waals surface area (Å²) in [7, 11) is 0. The topological polar surface area (TPSA) is 93.7 Å². The van der Waals surface area contributed by atoms with Crippen molar-refractivity contribution in [3.05, 3.63) is 69.7 Å². The lowest BCUT2D eigenvalue weighted by Crippen LogP contribution is -2.40. The molecule has 0 bridgehead atoms. The van der Waals surface area contributed by atoms with Gasteiger partial charge in [-0.1, -0.05) is 27.9 Å². The van der Waals surface area contributed by atoms with E-state index >= 15 is 0 Å². The van der Waals surface area contributed by atoms with E-state index in [9.17, 15) is 4.79 Å². The van der Waals surface area contributed by atoms with Gasteiger partial charge in [-0.3, -0.25) is 14.8 Å². The second-order valence-electron chi connectivity index (χ2n) is 19.8. The summed E-state index contributed by atoms with van der Waals surface area (Å²) in [6.45, 7) is 56.4. The highest BCUT2D eigenvalue weighted by Gasteiger charge is 2.35. The molecule has 5 rings (SSSR count). The largest absolute Gasteiger partial charge is 0.491 e. The average molecular weight is 863 g/mol. The molecular weight excluding hydrogens is 769 g/mol. The highest BCUT2D eigenvalue weighted by Crippen LogP contribution is 2.38. The summed E-state index contributed by atoms with van der Waals surface area (Å²) in [6, 6.07) is 4.13. The number of amidine groups is 1. The van der Waals surface area contributed by atoms with Crippen LogP contribution in [0.1, 0.15) is 208 Å². The van der Waals surface area contributed by atoms with Gasteiger partial charge in [0.1, 0.15) is 23.2 Å². The number of carbonyl (C=O) groups excluding carboxylic acids is 1. The number of fused-ring (bicyclic) bond motifs is 1. The molecule has 354 valence electrons. The van der Waals surface area contributed by atoms with E-state index in [1.807, 2.05) is 80.2 Å². The second-order valence-corrected chi connectivity index (χ2v) is 19.8. The number of hydrogen-bond donors (Lipinski definition) is 0. The van der Waals surface area contributed by atoms with Crippen molar-refractivity contribution >= 4 is 11.7 Å². The van der Waals surface area contributed by atoms with Crippen molar-refractivity contribution in [3.63, 3.8) is 0 Å². The van der Waals surface area contributed by atoms with E-state index in [1.54, 1.807) is 6.92 Å². The van der Waals surface area contributed by atoms with Crippen LogP contribution in [-0.4, -0.2) is 75.4 Å². The van der Waals surface area contributed by atoms with Gasteiger partial charge in [-0.05, 0) is 172 Å². The average Bonchev–Trinajstić information content (AvgIpc) is 3.64. The van der Waals surface area contributed by atoms with Gasteiger partial charge in [0.25, 0.3) is 0 Å². The third-order valence-corrected chi connectivity index (χ3v) is 11.4. The van der Waals surface area contributed by atoms with Crippen molar-refractivity contribution in [3.8, 4) is 5.75 Å². The van der Waals surface area contributed by atoms with Gasteiger partial charge in [0, 0.05) is 82.7 Å². The highest BCUT2D eigenvalue weighted by atomic mass is 16.5. The van der Waals surface area contributed by atoms with Crippen LogP contribution in [0.4, 0.5) is 0 Å². The van der Waals surface area contributed by atoms with Gasteiger partial charge in [-0.15, -0.1) is 0 Å². The van der Waals surface area contributed by atoms with Crippen LogP contribution in [0.25, 0.3) is 0 Å². The molecule has 0 unspecified atom stereocenters. The minimum absolute atomic E-state index is 0. The normalized spacial score (nSPS) is 14.9. The number of nitrogens with zero attached hydrogens (tertiary/aromatic N) is 8. The van der Waals surface area contributed by atoms with Crippen molar-refractivity contribution in [1.82, 2.24) is 33.9 Å². The molecule has 10 heteroatoms. The summed E-state index contributed by atoms with van der Waals surface area (Å²) in [5, 5.41) is 0. The molecule has 10 nitrogen and oxygen atoms in total. The number of aryl methyl sites for hydroxylation is 6. The zero-order chi connectivity index (χ0) is 47.6. The van der Waals surface area contributed by atoms with Crippen LogP contribution >= 0.6 is 0 Å². The van der Waals surface area contributed by atoms with Gasteiger partial charge in [0.2, 0.25) is 5.91 Å². The third-order valence-electron chi connectivity index (χ3n) is 11.4. The van der Waals surface area contributed by atoms with Crippen LogP contribution < -0.4 is 4.74 Å². The summed E-state index contributed by atoms with van der Waals surface area (Å²) >= 11 is 0. The number of pyridine rings is 1. The molecule has 0 aromatic carbocycles. The molecule has 0 radical (unpaired) electrons. The number of rotatable bonds is 7. The van der Waals surface area contributed by atoms with E-state index in [0.29, 0.717) is 35.6 Å². The first-order valence-corrected chi connectivity index (χ1v) is 22.9. The fourth-order valence-electron chi connectivity index (χ4n) is 8.75. The predicted molar refractivity (Wildman–Crippen MR) is 267 cm³/mol. The number of amides is 1. The smallest absolute Gasteiger partial charge is 0.219 e. The molecule has 0 saturated heterocycles. The Kier molecular flexibility index (Phi) is 22.7. The number of aliphatic imine (C=N–C) groups is 1. The number of ether oxygens (including phenoxy) is 1. The van der Waals surface area contributed by atoms with Crippen LogP contribution in [0.2, 0.25) is 0 Å². The minimum atomic E-state index is -0.103. The number of imidazole rings is 2. The maximum absolute atomic E-state index is 11.0. The maximum Gasteiger partial charge on any atom is 0.219 e. The quantitative estimate of drug-likeness (QED) is 0.235. The Labute approximate surface area is 381 Å². The SMILES string of the molecule is C.C=C1N(C(C)C)C(C)=NC1(C)C.CC(=O)N(C(C)C)C(C)C.Cc1cc(OC(C)C)c(C)c(C)n1.Cc1nc(C)n(C(C)C)c1C.Cc1nc2c(n1C(C)C)C(C)(C)CCC2. The van der Waals surface area contributed by atoms with Crippen molar-refractivity contribution in [2.24, 2.45) is 4.99 Å². The first-order chi connectivity index (χ1) is 27.8. The summed E-state index contributed by atoms with van der Waals surface area (Å²) in [4.78, 5) is 33.0. The zero-order valence-corrected chi connectivity index (χ0v) is 43.8. The van der Waals surface area contributed by atoms with Crippen LogP contribution in [0.3, 0.4) is 0 Å². The Morgan fingerprint density at radius 2 is 1.24 bits per heavy atom. The summed E-state index contributed by atoms with van der Waals surface area (Å²) in [5.41, 5.74) is 9.78. The maximum atomic E-state index is 11.0. The number of hydrogen-bond acceptors (Lipinski definition) is 7. The van der Waals surface area contributed by atoms with E-state index in [0.717, 1.165) is 45.8 Å². The van der Waals surface area contributed by atoms with Crippen molar-refractivity contribution in [2.75, 3.05) is 0 Å². The fourth-order valence-corrected chi connectivity index (χ4v) is 8.75. The molecule has 0 spiro atoms. The highest BCUT2D eigenvalue weighted by molar-refractivity contribution is 5.85. The van der Waals surface area contributed by atoms with Crippen molar-refractivity contribution in [2.45, 2.75) is 247 Å². The molecule has 1 aliphatic heterocycles. The lowest BCUT2D eigenvalue weighted by molar-refractivity contribution is -0.132. The lowest BCUT2D eigenvalue weighted by atomic mass is 9.77. The molecule has 0 atom stereocenters. The minimum Gasteiger partial charge on any atom is -0.491 e. The first kappa shape index (κ1) is 58.0. The van der Waals surface area contributed by atoms with E-state index in [2.05, 4.69) is 133 Å². The van der Waals surface area contributed by atoms with Crippen LogP contribution in [-0.2, 0) is 16.6 Å². The van der Waals surface area contributed by atoms with Gasteiger partial charge < -0.3 is 23.7 Å². The van der Waals surface area contributed by atoms with Crippen LogP contribution in [0.5, 0.6) is 5.75 Å². The summed E-state index contributed by atoms with van der Waals surface area (Å²) in [6.07, 6.45) is 3.96. The number of carbonyl (C=O) groups is 1. The van der Waals surface area contributed by atoms with E-state index < -0.39 is 0 Å². The van der Waals surface area contributed by atoms with E-state index in [-0.39, 0.29) is 25.0 Å². The molecule has 2 aliphatic rings. The molecular formula is C52H94N8O2. The molecule has 1 aliphatic carbocycles. The van der Waals surface area contributed by atoms with Gasteiger partial charge >= 0.3 is 0 Å². The van der Waals surface area contributed by atoms with Gasteiger partial charge in [-0.2, -0.15) is 0 Å². The Balaban J connectivity index is 0.000000753. The van der Waals surface area contributed by atoms with E-state index in [1.165, 1.54) is 42.2 Å². The Morgan fingerprint density at radius 1 is 0.742 bits per heavy atom. The Morgan fingerprint density at radius 3 is 1.56 bits per heavy atom. The molecule has 0 fully saturated rings. The summed E-state index contributed by atoms with van der Waals surface area (Å²) < 4.78 is 10.4. The Hall–Kier alpha value is -3.95.